The minimum Gasteiger partial charge on any atom is -0.323 e. The third kappa shape index (κ3) is 3.94. The highest BCUT2D eigenvalue weighted by Crippen LogP contribution is 2.23. The van der Waals surface area contributed by atoms with Gasteiger partial charge in [-0.1, -0.05) is 12.1 Å². The molecular weight excluding hydrogens is 334 g/mol. The molecule has 0 atom stereocenters. The molecule has 0 unspecified atom stereocenters. The topological polar surface area (TPSA) is 92.5 Å². The molecule has 1 aliphatic heterocycles. The lowest BCUT2D eigenvalue weighted by molar-refractivity contribution is -0.385. The van der Waals surface area contributed by atoms with Gasteiger partial charge in [0, 0.05) is 36.5 Å². The molecule has 0 saturated carbocycles. The lowest BCUT2D eigenvalue weighted by Crippen LogP contribution is -2.23. The molecular formula is C19H17N3O4. The maximum Gasteiger partial charge on any atom is 0.276 e. The van der Waals surface area contributed by atoms with Crippen LogP contribution >= 0.6 is 0 Å². The molecule has 1 fully saturated rings. The first-order chi connectivity index (χ1) is 12.5. The van der Waals surface area contributed by atoms with Gasteiger partial charge in [-0.2, -0.15) is 0 Å². The number of carbonyl (C=O) groups excluding carboxylic acids is 2. The molecule has 0 aromatic heterocycles. The molecule has 0 bridgehead atoms. The van der Waals surface area contributed by atoms with Crippen molar-refractivity contribution in [3.63, 3.8) is 0 Å². The van der Waals surface area contributed by atoms with Gasteiger partial charge in [-0.3, -0.25) is 19.7 Å². The second kappa shape index (κ2) is 7.60. The molecule has 26 heavy (non-hydrogen) atoms. The minimum atomic E-state index is -0.490. The van der Waals surface area contributed by atoms with Crippen molar-refractivity contribution in [2.24, 2.45) is 0 Å². The van der Waals surface area contributed by atoms with Crippen LogP contribution in [0, 0.1) is 10.1 Å². The fourth-order valence-corrected chi connectivity index (χ4v) is 2.79. The summed E-state index contributed by atoms with van der Waals surface area (Å²) in [7, 11) is 0. The van der Waals surface area contributed by atoms with E-state index < -0.39 is 10.8 Å². The van der Waals surface area contributed by atoms with Crippen molar-refractivity contribution in [3.05, 3.63) is 70.3 Å². The first-order valence-corrected chi connectivity index (χ1v) is 8.17. The van der Waals surface area contributed by atoms with Gasteiger partial charge in [0.15, 0.2) is 0 Å². The highest BCUT2D eigenvalue weighted by atomic mass is 16.6. The Balaban J connectivity index is 1.65. The van der Waals surface area contributed by atoms with Gasteiger partial charge in [0.25, 0.3) is 5.69 Å². The molecule has 7 heteroatoms. The number of para-hydroxylation sites is 1. The average molecular weight is 351 g/mol. The molecule has 1 N–H and O–H groups in total. The SMILES string of the molecule is O=C(/C=C/c1ccccc1[N+](=O)[O-])Nc1ccc(N2CCCC2=O)cc1. The second-order valence-electron chi connectivity index (χ2n) is 5.83. The number of hydrogen-bond acceptors (Lipinski definition) is 4. The summed E-state index contributed by atoms with van der Waals surface area (Å²) in [5, 5.41) is 13.7. The van der Waals surface area contributed by atoms with Crippen molar-refractivity contribution in [3.8, 4) is 0 Å². The number of carbonyl (C=O) groups is 2. The quantitative estimate of drug-likeness (QED) is 0.508. The van der Waals surface area contributed by atoms with E-state index in [0.29, 0.717) is 24.2 Å². The van der Waals surface area contributed by atoms with Crippen LogP contribution in [0.3, 0.4) is 0 Å². The number of anilines is 2. The molecule has 2 aromatic rings. The molecule has 0 radical (unpaired) electrons. The Morgan fingerprint density at radius 1 is 1.15 bits per heavy atom. The van der Waals surface area contributed by atoms with Crippen molar-refractivity contribution >= 4 is 35.0 Å². The molecule has 1 aliphatic rings. The van der Waals surface area contributed by atoms with E-state index in [0.717, 1.165) is 12.1 Å². The van der Waals surface area contributed by atoms with Gasteiger partial charge in [-0.25, -0.2) is 0 Å². The average Bonchev–Trinajstić information content (AvgIpc) is 3.07. The van der Waals surface area contributed by atoms with Crippen molar-refractivity contribution < 1.29 is 14.5 Å². The molecule has 2 aromatic carbocycles. The number of benzene rings is 2. The van der Waals surface area contributed by atoms with Crippen LogP contribution in [0.2, 0.25) is 0 Å². The van der Waals surface area contributed by atoms with Gasteiger partial charge in [0.05, 0.1) is 10.5 Å². The lowest BCUT2D eigenvalue weighted by Gasteiger charge is -2.15. The van der Waals surface area contributed by atoms with Crippen molar-refractivity contribution in [1.29, 1.82) is 0 Å². The third-order valence-corrected chi connectivity index (χ3v) is 4.07. The number of rotatable bonds is 5. The number of nitro benzene ring substituents is 1. The summed E-state index contributed by atoms with van der Waals surface area (Å²) in [6.07, 6.45) is 4.08. The molecule has 2 amide bonds. The molecule has 0 spiro atoms. The first kappa shape index (κ1) is 17.3. The van der Waals surface area contributed by atoms with E-state index >= 15 is 0 Å². The van der Waals surface area contributed by atoms with E-state index in [1.807, 2.05) is 0 Å². The van der Waals surface area contributed by atoms with Gasteiger partial charge in [0.2, 0.25) is 11.8 Å². The number of nitrogens with zero attached hydrogens (tertiary/aromatic N) is 2. The van der Waals surface area contributed by atoms with Crippen molar-refractivity contribution in [2.45, 2.75) is 12.8 Å². The van der Waals surface area contributed by atoms with Gasteiger partial charge in [0.1, 0.15) is 0 Å². The van der Waals surface area contributed by atoms with Crippen LogP contribution in [-0.4, -0.2) is 23.3 Å². The zero-order chi connectivity index (χ0) is 18.5. The highest BCUT2D eigenvalue weighted by molar-refractivity contribution is 6.02. The van der Waals surface area contributed by atoms with Crippen molar-refractivity contribution in [1.82, 2.24) is 0 Å². The maximum absolute atomic E-state index is 12.0. The van der Waals surface area contributed by atoms with E-state index in [4.69, 9.17) is 0 Å². The lowest BCUT2D eigenvalue weighted by atomic mass is 10.1. The highest BCUT2D eigenvalue weighted by Gasteiger charge is 2.21. The number of nitro groups is 1. The Kier molecular flexibility index (Phi) is 5.07. The van der Waals surface area contributed by atoms with Crippen LogP contribution in [0.1, 0.15) is 18.4 Å². The Bertz CT molecular complexity index is 875. The van der Waals surface area contributed by atoms with Gasteiger partial charge in [-0.15, -0.1) is 0 Å². The second-order valence-corrected chi connectivity index (χ2v) is 5.83. The standard InChI is InChI=1S/C19H17N3O4/c23-18(12-7-14-4-1-2-5-17(14)22(25)26)20-15-8-10-16(11-9-15)21-13-3-6-19(21)24/h1-2,4-5,7-12H,3,6,13H2,(H,20,23)/b12-7+. The van der Waals surface area contributed by atoms with E-state index in [9.17, 15) is 19.7 Å². The van der Waals surface area contributed by atoms with Crippen LogP contribution in [0.4, 0.5) is 17.1 Å². The predicted octanol–water partition coefficient (Wildman–Crippen LogP) is 3.37. The Morgan fingerprint density at radius 2 is 1.88 bits per heavy atom. The fraction of sp³-hybridized carbons (Fsp3) is 0.158. The molecule has 1 saturated heterocycles. The largest absolute Gasteiger partial charge is 0.323 e. The van der Waals surface area contributed by atoms with Crippen LogP contribution in [0.15, 0.2) is 54.6 Å². The third-order valence-electron chi connectivity index (χ3n) is 4.07. The van der Waals surface area contributed by atoms with Crippen LogP contribution < -0.4 is 10.2 Å². The summed E-state index contributed by atoms with van der Waals surface area (Å²) in [4.78, 5) is 36.0. The molecule has 0 aliphatic carbocycles. The smallest absolute Gasteiger partial charge is 0.276 e. The Labute approximate surface area is 150 Å². The summed E-state index contributed by atoms with van der Waals surface area (Å²) in [5.74, 6) is -0.290. The molecule has 1 heterocycles. The van der Waals surface area contributed by atoms with Gasteiger partial charge in [-0.05, 0) is 42.8 Å². The van der Waals surface area contributed by atoms with Crippen LogP contribution in [-0.2, 0) is 9.59 Å². The number of hydrogen-bond donors (Lipinski definition) is 1. The molecule has 7 nitrogen and oxygen atoms in total. The predicted molar refractivity (Wildman–Crippen MR) is 98.8 cm³/mol. The van der Waals surface area contributed by atoms with E-state index in [1.165, 1.54) is 18.2 Å². The van der Waals surface area contributed by atoms with E-state index in [1.54, 1.807) is 47.4 Å². The summed E-state index contributed by atoms with van der Waals surface area (Å²) in [6, 6.07) is 13.2. The number of nitrogens with one attached hydrogen (secondary N) is 1. The molecule has 3 rings (SSSR count). The zero-order valence-electron chi connectivity index (χ0n) is 13.9. The normalized spacial score (nSPS) is 14.0. The van der Waals surface area contributed by atoms with Crippen LogP contribution in [0.5, 0.6) is 0 Å². The first-order valence-electron chi connectivity index (χ1n) is 8.17. The van der Waals surface area contributed by atoms with E-state index in [-0.39, 0.29) is 11.6 Å². The van der Waals surface area contributed by atoms with Crippen LogP contribution in [0.25, 0.3) is 6.08 Å². The van der Waals surface area contributed by atoms with Crippen molar-refractivity contribution in [2.75, 3.05) is 16.8 Å². The minimum absolute atomic E-state index is 0.0591. The maximum atomic E-state index is 12.0. The Hall–Kier alpha value is -3.48. The summed E-state index contributed by atoms with van der Waals surface area (Å²) >= 11 is 0. The monoisotopic (exact) mass is 351 g/mol. The summed E-state index contributed by atoms with van der Waals surface area (Å²) in [6.45, 7) is 0.711. The Morgan fingerprint density at radius 3 is 2.54 bits per heavy atom. The fourth-order valence-electron chi connectivity index (χ4n) is 2.79. The summed E-state index contributed by atoms with van der Waals surface area (Å²) < 4.78 is 0. The zero-order valence-corrected chi connectivity index (χ0v) is 13.9. The van der Waals surface area contributed by atoms with Gasteiger partial charge >= 0.3 is 0 Å². The molecule has 132 valence electrons. The summed E-state index contributed by atoms with van der Waals surface area (Å²) in [5.41, 5.74) is 1.69. The van der Waals surface area contributed by atoms with Gasteiger partial charge < -0.3 is 10.2 Å². The van der Waals surface area contributed by atoms with E-state index in [2.05, 4.69) is 5.32 Å². The number of amides is 2.